The summed E-state index contributed by atoms with van der Waals surface area (Å²) in [5, 5.41) is 9.06. The zero-order valence-electron chi connectivity index (χ0n) is 12.0. The summed E-state index contributed by atoms with van der Waals surface area (Å²) >= 11 is 0. The molecule has 1 saturated heterocycles. The number of aromatic nitrogens is 1. The molecular formula is C14H17F3N4. The van der Waals surface area contributed by atoms with Crippen LogP contribution in [0.2, 0.25) is 0 Å². The Kier molecular flexibility index (Phi) is 4.37. The number of rotatable bonds is 3. The van der Waals surface area contributed by atoms with Crippen LogP contribution in [0.1, 0.15) is 17.7 Å². The molecule has 0 aromatic carbocycles. The highest BCUT2D eigenvalue weighted by molar-refractivity contribution is 5.54. The molecule has 1 aromatic heterocycles. The number of anilines is 1. The lowest BCUT2D eigenvalue weighted by atomic mass is 10.1. The fourth-order valence-electron chi connectivity index (χ4n) is 2.63. The van der Waals surface area contributed by atoms with Gasteiger partial charge in [-0.05, 0) is 38.1 Å². The predicted molar refractivity (Wildman–Crippen MR) is 72.8 cm³/mol. The number of alkyl halides is 3. The minimum atomic E-state index is -4.50. The lowest BCUT2D eigenvalue weighted by Crippen LogP contribution is -2.29. The standard InChI is InChI=1S/C14H17F3N4/c1-20-6-5-10(8-20)9-21(2)13-11(7-18)3-4-12(19-13)14(15,16)17/h3-4,10H,5-6,8-9H2,1-2H3. The Morgan fingerprint density at radius 3 is 2.71 bits per heavy atom. The van der Waals surface area contributed by atoms with Crippen LogP contribution in [-0.4, -0.2) is 43.6 Å². The van der Waals surface area contributed by atoms with E-state index in [4.69, 9.17) is 5.26 Å². The second-order valence-corrected chi connectivity index (χ2v) is 5.47. The Balaban J connectivity index is 2.22. The Labute approximate surface area is 121 Å². The van der Waals surface area contributed by atoms with Crippen molar-refractivity contribution in [3.63, 3.8) is 0 Å². The average molecular weight is 298 g/mol. The normalized spacial score (nSPS) is 19.5. The van der Waals surface area contributed by atoms with Crippen molar-refractivity contribution in [2.24, 2.45) is 5.92 Å². The summed E-state index contributed by atoms with van der Waals surface area (Å²) in [6.07, 6.45) is -3.50. The highest BCUT2D eigenvalue weighted by atomic mass is 19.4. The van der Waals surface area contributed by atoms with Crippen molar-refractivity contribution in [1.82, 2.24) is 9.88 Å². The maximum atomic E-state index is 12.8. The summed E-state index contributed by atoms with van der Waals surface area (Å²) in [6.45, 7) is 2.48. The minimum Gasteiger partial charge on any atom is -0.358 e. The van der Waals surface area contributed by atoms with Gasteiger partial charge in [0.1, 0.15) is 17.6 Å². The van der Waals surface area contributed by atoms with Crippen molar-refractivity contribution >= 4 is 5.82 Å². The fraction of sp³-hybridized carbons (Fsp3) is 0.571. The highest BCUT2D eigenvalue weighted by Crippen LogP contribution is 2.30. The van der Waals surface area contributed by atoms with Crippen LogP contribution in [0, 0.1) is 17.2 Å². The van der Waals surface area contributed by atoms with Gasteiger partial charge in [0.15, 0.2) is 0 Å². The van der Waals surface area contributed by atoms with Crippen LogP contribution < -0.4 is 4.90 Å². The molecule has 21 heavy (non-hydrogen) atoms. The Bertz CT molecular complexity index is 550. The number of likely N-dealkylation sites (tertiary alicyclic amines) is 1. The van der Waals surface area contributed by atoms with Gasteiger partial charge in [0.2, 0.25) is 0 Å². The molecule has 1 aliphatic heterocycles. The highest BCUT2D eigenvalue weighted by Gasteiger charge is 2.33. The van der Waals surface area contributed by atoms with Crippen molar-refractivity contribution in [3.05, 3.63) is 23.4 Å². The molecule has 4 nitrogen and oxygen atoms in total. The second kappa shape index (κ2) is 5.90. The molecule has 1 fully saturated rings. The van der Waals surface area contributed by atoms with Gasteiger partial charge >= 0.3 is 6.18 Å². The van der Waals surface area contributed by atoms with Gasteiger partial charge in [-0.15, -0.1) is 0 Å². The van der Waals surface area contributed by atoms with Crippen molar-refractivity contribution in [2.75, 3.05) is 38.6 Å². The SMILES string of the molecule is CN1CCC(CN(C)c2nc(C(F)(F)F)ccc2C#N)C1. The molecular weight excluding hydrogens is 281 g/mol. The molecule has 114 valence electrons. The summed E-state index contributed by atoms with van der Waals surface area (Å²) in [5.74, 6) is 0.477. The van der Waals surface area contributed by atoms with Gasteiger partial charge in [-0.25, -0.2) is 4.98 Å². The molecule has 0 radical (unpaired) electrons. The van der Waals surface area contributed by atoms with Gasteiger partial charge in [0.25, 0.3) is 0 Å². The van der Waals surface area contributed by atoms with Crippen molar-refractivity contribution in [3.8, 4) is 6.07 Å². The van der Waals surface area contributed by atoms with Crippen LogP contribution in [-0.2, 0) is 6.18 Å². The zero-order valence-corrected chi connectivity index (χ0v) is 12.0. The summed E-state index contributed by atoms with van der Waals surface area (Å²) in [7, 11) is 3.70. The minimum absolute atomic E-state index is 0.0990. The second-order valence-electron chi connectivity index (χ2n) is 5.47. The number of nitrogens with zero attached hydrogens (tertiary/aromatic N) is 4. The zero-order chi connectivity index (χ0) is 15.6. The third kappa shape index (κ3) is 3.64. The van der Waals surface area contributed by atoms with Gasteiger partial charge in [0, 0.05) is 20.1 Å². The largest absolute Gasteiger partial charge is 0.433 e. The molecule has 0 spiro atoms. The molecule has 1 atom stereocenters. The van der Waals surface area contributed by atoms with Crippen molar-refractivity contribution < 1.29 is 13.2 Å². The molecule has 1 aliphatic rings. The van der Waals surface area contributed by atoms with Crippen LogP contribution in [0.4, 0.5) is 19.0 Å². The van der Waals surface area contributed by atoms with Crippen LogP contribution in [0.3, 0.4) is 0 Å². The lowest BCUT2D eigenvalue weighted by molar-refractivity contribution is -0.141. The monoisotopic (exact) mass is 298 g/mol. The van der Waals surface area contributed by atoms with E-state index < -0.39 is 11.9 Å². The molecule has 0 saturated carbocycles. The third-order valence-electron chi connectivity index (χ3n) is 3.67. The smallest absolute Gasteiger partial charge is 0.358 e. The van der Waals surface area contributed by atoms with E-state index in [1.165, 1.54) is 6.07 Å². The number of nitriles is 1. The average Bonchev–Trinajstić information content (AvgIpc) is 2.82. The first-order valence-electron chi connectivity index (χ1n) is 6.69. The lowest BCUT2D eigenvalue weighted by Gasteiger charge is -2.23. The molecule has 1 aromatic rings. The van der Waals surface area contributed by atoms with Crippen molar-refractivity contribution in [2.45, 2.75) is 12.6 Å². The maximum Gasteiger partial charge on any atom is 0.433 e. The molecule has 2 heterocycles. The molecule has 2 rings (SSSR count). The third-order valence-corrected chi connectivity index (χ3v) is 3.67. The maximum absolute atomic E-state index is 12.8. The molecule has 1 unspecified atom stereocenters. The van der Waals surface area contributed by atoms with Crippen LogP contribution in [0.25, 0.3) is 0 Å². The molecule has 0 N–H and O–H groups in total. The summed E-state index contributed by atoms with van der Waals surface area (Å²) in [4.78, 5) is 7.47. The van der Waals surface area contributed by atoms with Gasteiger partial charge in [-0.1, -0.05) is 0 Å². The van der Waals surface area contributed by atoms with E-state index in [1.807, 2.05) is 13.1 Å². The van der Waals surface area contributed by atoms with E-state index in [9.17, 15) is 13.2 Å². The van der Waals surface area contributed by atoms with Crippen LogP contribution in [0.15, 0.2) is 12.1 Å². The molecule has 7 heteroatoms. The van der Waals surface area contributed by atoms with Crippen LogP contribution in [0.5, 0.6) is 0 Å². The Hall–Kier alpha value is -1.81. The van der Waals surface area contributed by atoms with Gasteiger partial charge in [-0.3, -0.25) is 0 Å². The summed E-state index contributed by atoms with van der Waals surface area (Å²) in [6, 6.07) is 3.94. The van der Waals surface area contributed by atoms with Gasteiger partial charge in [-0.2, -0.15) is 18.4 Å². The molecule has 0 bridgehead atoms. The fourth-order valence-corrected chi connectivity index (χ4v) is 2.63. The van der Waals surface area contributed by atoms with Gasteiger partial charge in [0.05, 0.1) is 5.56 Å². The first-order valence-corrected chi connectivity index (χ1v) is 6.69. The Morgan fingerprint density at radius 1 is 1.48 bits per heavy atom. The number of pyridine rings is 1. The first-order chi connectivity index (χ1) is 9.81. The summed E-state index contributed by atoms with van der Waals surface area (Å²) < 4.78 is 38.3. The van der Waals surface area contributed by atoms with Crippen molar-refractivity contribution in [1.29, 1.82) is 5.26 Å². The predicted octanol–water partition coefficient (Wildman–Crippen LogP) is 2.36. The number of halogens is 3. The van der Waals surface area contributed by atoms with E-state index in [1.54, 1.807) is 11.9 Å². The molecule has 0 aliphatic carbocycles. The van der Waals surface area contributed by atoms with E-state index in [2.05, 4.69) is 9.88 Å². The van der Waals surface area contributed by atoms with E-state index >= 15 is 0 Å². The number of hydrogen-bond acceptors (Lipinski definition) is 4. The number of hydrogen-bond donors (Lipinski definition) is 0. The topological polar surface area (TPSA) is 43.2 Å². The van der Waals surface area contributed by atoms with Gasteiger partial charge < -0.3 is 9.80 Å². The summed E-state index contributed by atoms with van der Waals surface area (Å²) in [5.41, 5.74) is -0.802. The van der Waals surface area contributed by atoms with E-state index in [-0.39, 0.29) is 11.4 Å². The first kappa shape index (κ1) is 15.6. The van der Waals surface area contributed by atoms with Crippen LogP contribution >= 0.6 is 0 Å². The Morgan fingerprint density at radius 2 is 2.19 bits per heavy atom. The van der Waals surface area contributed by atoms with E-state index in [0.29, 0.717) is 12.5 Å². The molecule has 0 amide bonds. The quantitative estimate of drug-likeness (QED) is 0.859. The van der Waals surface area contributed by atoms with E-state index in [0.717, 1.165) is 25.6 Å².